The van der Waals surface area contributed by atoms with Gasteiger partial charge in [0.25, 0.3) is 0 Å². The monoisotopic (exact) mass is 358 g/mol. The summed E-state index contributed by atoms with van der Waals surface area (Å²) in [5.41, 5.74) is 15.5. The van der Waals surface area contributed by atoms with E-state index < -0.39 is 0 Å². The van der Waals surface area contributed by atoms with Crippen molar-refractivity contribution in [2.75, 3.05) is 0 Å². The van der Waals surface area contributed by atoms with Crippen LogP contribution in [0.25, 0.3) is 5.57 Å². The molecule has 2 aromatic carbocycles. The van der Waals surface area contributed by atoms with Crippen molar-refractivity contribution in [3.8, 4) is 0 Å². The van der Waals surface area contributed by atoms with Gasteiger partial charge in [-0.3, -0.25) is 0 Å². The Hall–Kier alpha value is -1.82. The van der Waals surface area contributed by atoms with Crippen LogP contribution in [0, 0.1) is 34.6 Å². The zero-order valence-electron chi connectivity index (χ0n) is 18.1. The largest absolute Gasteiger partial charge is 0.0798 e. The maximum absolute atomic E-state index is 2.52. The van der Waals surface area contributed by atoms with Crippen molar-refractivity contribution in [2.45, 2.75) is 85.5 Å². The second-order valence-electron chi connectivity index (χ2n) is 9.36. The summed E-state index contributed by atoms with van der Waals surface area (Å²) in [6, 6.07) is 7.28. The number of hydrogen-bond acceptors (Lipinski definition) is 0. The molecule has 0 aliphatic heterocycles. The molecule has 0 heterocycles. The average molecular weight is 359 g/mol. The fourth-order valence-electron chi connectivity index (χ4n) is 5.66. The summed E-state index contributed by atoms with van der Waals surface area (Å²) >= 11 is 0. The molecule has 0 saturated heterocycles. The van der Waals surface area contributed by atoms with Crippen LogP contribution in [0.4, 0.5) is 0 Å². The van der Waals surface area contributed by atoms with Gasteiger partial charge >= 0.3 is 0 Å². The lowest BCUT2D eigenvalue weighted by atomic mass is 9.72. The molecular formula is C27H34. The van der Waals surface area contributed by atoms with Crippen LogP contribution in [0.1, 0.15) is 82.7 Å². The normalized spacial score (nSPS) is 21.9. The van der Waals surface area contributed by atoms with Gasteiger partial charge in [-0.2, -0.15) is 0 Å². The van der Waals surface area contributed by atoms with Gasteiger partial charge in [0.1, 0.15) is 0 Å². The topological polar surface area (TPSA) is 0 Å². The van der Waals surface area contributed by atoms with Gasteiger partial charge in [0, 0.05) is 5.41 Å². The summed E-state index contributed by atoms with van der Waals surface area (Å²) in [5, 5.41) is 0. The molecule has 0 N–H and O–H groups in total. The van der Waals surface area contributed by atoms with E-state index in [9.17, 15) is 0 Å². The van der Waals surface area contributed by atoms with E-state index in [1.54, 1.807) is 22.3 Å². The van der Waals surface area contributed by atoms with Crippen molar-refractivity contribution < 1.29 is 0 Å². The lowest BCUT2D eigenvalue weighted by Gasteiger charge is -2.32. The highest BCUT2D eigenvalue weighted by Crippen LogP contribution is 2.47. The summed E-state index contributed by atoms with van der Waals surface area (Å²) < 4.78 is 0. The lowest BCUT2D eigenvalue weighted by molar-refractivity contribution is 0.507. The predicted octanol–water partition coefficient (Wildman–Crippen LogP) is 7.24. The number of hydrogen-bond donors (Lipinski definition) is 0. The fraction of sp³-hybridized carbons (Fsp3) is 0.481. The Labute approximate surface area is 165 Å². The molecule has 1 unspecified atom stereocenters. The van der Waals surface area contributed by atoms with Crippen molar-refractivity contribution in [1.82, 2.24) is 0 Å². The minimum atomic E-state index is 0.225. The van der Waals surface area contributed by atoms with Crippen LogP contribution in [0.5, 0.6) is 0 Å². The highest BCUT2D eigenvalue weighted by Gasteiger charge is 2.35. The Balaban J connectivity index is 1.70. The zero-order valence-corrected chi connectivity index (χ0v) is 18.1. The van der Waals surface area contributed by atoms with Crippen molar-refractivity contribution in [3.05, 3.63) is 74.3 Å². The molecule has 2 aromatic rings. The van der Waals surface area contributed by atoms with E-state index >= 15 is 0 Å². The average Bonchev–Trinajstić information content (AvgIpc) is 3.07. The van der Waals surface area contributed by atoms with E-state index in [0.717, 1.165) is 12.8 Å². The van der Waals surface area contributed by atoms with Gasteiger partial charge in [-0.15, -0.1) is 0 Å². The summed E-state index contributed by atoms with van der Waals surface area (Å²) in [7, 11) is 0. The van der Waals surface area contributed by atoms with Gasteiger partial charge in [-0.25, -0.2) is 0 Å². The molecular weight excluding hydrogens is 324 g/mol. The van der Waals surface area contributed by atoms with Crippen LogP contribution < -0.4 is 0 Å². The first kappa shape index (κ1) is 18.5. The van der Waals surface area contributed by atoms with Crippen LogP contribution in [-0.4, -0.2) is 0 Å². The number of fused-ring (bicyclic) bond motifs is 1. The second kappa shape index (κ2) is 6.66. The third kappa shape index (κ3) is 2.98. The molecule has 0 amide bonds. The van der Waals surface area contributed by atoms with Gasteiger partial charge < -0.3 is 0 Å². The van der Waals surface area contributed by atoms with E-state index in [0.29, 0.717) is 0 Å². The molecule has 2 aliphatic carbocycles. The maximum atomic E-state index is 2.52. The van der Waals surface area contributed by atoms with Gasteiger partial charge in [0.15, 0.2) is 0 Å². The predicted molar refractivity (Wildman–Crippen MR) is 118 cm³/mol. The molecule has 0 aromatic heterocycles. The third-order valence-electron chi connectivity index (χ3n) is 7.70. The minimum absolute atomic E-state index is 0.225. The molecule has 0 saturated carbocycles. The molecule has 2 aliphatic rings. The fourth-order valence-corrected chi connectivity index (χ4v) is 5.66. The number of benzene rings is 2. The number of rotatable bonds is 2. The number of allylic oxidation sites excluding steroid dienone is 2. The number of aryl methyl sites for hydroxylation is 2. The first-order valence-electron chi connectivity index (χ1n) is 10.7. The maximum Gasteiger partial charge on any atom is 0.000525 e. The summed E-state index contributed by atoms with van der Waals surface area (Å²) in [5.74, 6) is 0. The van der Waals surface area contributed by atoms with Crippen LogP contribution in [-0.2, 0) is 18.3 Å². The smallest absolute Gasteiger partial charge is 0.000525 e. The third-order valence-corrected chi connectivity index (χ3v) is 7.70. The Morgan fingerprint density at radius 2 is 1.33 bits per heavy atom. The molecule has 0 nitrogen and oxygen atoms in total. The lowest BCUT2D eigenvalue weighted by Crippen LogP contribution is -2.22. The standard InChI is InChI=1S/C27H34/c1-17-18(2)20(4)26(21(5)19(17)3)27(6)14-13-25(16-27)24-12-11-22-9-7-8-10-23(22)15-24/h11-13,15H,7-10,14,16H2,1-6H3. The van der Waals surface area contributed by atoms with Gasteiger partial charge in [-0.05, 0) is 129 Å². The molecule has 0 fully saturated rings. The van der Waals surface area contributed by atoms with E-state index in [4.69, 9.17) is 0 Å². The first-order valence-corrected chi connectivity index (χ1v) is 10.7. The molecule has 0 bridgehead atoms. The summed E-state index contributed by atoms with van der Waals surface area (Å²) in [6.07, 6.45) is 10.1. The SMILES string of the molecule is Cc1c(C)c(C)c(C2(C)CC=C(c3ccc4c(c3)CCCC4)C2)c(C)c1C. The van der Waals surface area contributed by atoms with Crippen LogP contribution in [0.3, 0.4) is 0 Å². The van der Waals surface area contributed by atoms with Crippen molar-refractivity contribution in [1.29, 1.82) is 0 Å². The first-order chi connectivity index (χ1) is 12.8. The summed E-state index contributed by atoms with van der Waals surface area (Å²) in [6.45, 7) is 14.0. The molecule has 0 heteroatoms. The minimum Gasteiger partial charge on any atom is -0.0798 e. The van der Waals surface area contributed by atoms with Crippen molar-refractivity contribution in [3.63, 3.8) is 0 Å². The summed E-state index contributed by atoms with van der Waals surface area (Å²) in [4.78, 5) is 0. The van der Waals surface area contributed by atoms with E-state index in [1.807, 2.05) is 0 Å². The zero-order chi connectivity index (χ0) is 19.3. The highest BCUT2D eigenvalue weighted by atomic mass is 14.4. The van der Waals surface area contributed by atoms with Crippen LogP contribution >= 0.6 is 0 Å². The Morgan fingerprint density at radius 1 is 0.741 bits per heavy atom. The van der Waals surface area contributed by atoms with Crippen molar-refractivity contribution >= 4 is 5.57 Å². The van der Waals surface area contributed by atoms with Gasteiger partial charge in [0.2, 0.25) is 0 Å². The second-order valence-corrected chi connectivity index (χ2v) is 9.36. The Morgan fingerprint density at radius 3 is 2.00 bits per heavy atom. The van der Waals surface area contributed by atoms with E-state index in [-0.39, 0.29) is 5.41 Å². The highest BCUT2D eigenvalue weighted by molar-refractivity contribution is 5.71. The van der Waals surface area contributed by atoms with Crippen LogP contribution in [0.15, 0.2) is 24.3 Å². The van der Waals surface area contributed by atoms with Crippen molar-refractivity contribution in [2.24, 2.45) is 0 Å². The Bertz CT molecular complexity index is 912. The van der Waals surface area contributed by atoms with E-state index in [1.165, 1.54) is 59.1 Å². The molecule has 142 valence electrons. The van der Waals surface area contributed by atoms with Gasteiger partial charge in [-0.1, -0.05) is 31.2 Å². The molecule has 0 spiro atoms. The quantitative estimate of drug-likeness (QED) is 0.530. The molecule has 0 radical (unpaired) electrons. The molecule has 27 heavy (non-hydrogen) atoms. The molecule has 1 atom stereocenters. The Kier molecular flexibility index (Phi) is 4.57. The van der Waals surface area contributed by atoms with E-state index in [2.05, 4.69) is 65.8 Å². The molecule has 4 rings (SSSR count). The van der Waals surface area contributed by atoms with Gasteiger partial charge in [0.05, 0.1) is 0 Å². The van der Waals surface area contributed by atoms with Crippen LogP contribution in [0.2, 0.25) is 0 Å².